The first-order valence-electron chi connectivity index (χ1n) is 9.72. The van der Waals surface area contributed by atoms with Crippen LogP contribution in [-0.4, -0.2) is 29.1 Å². The molecule has 146 valence electrons. The van der Waals surface area contributed by atoms with Crippen LogP contribution in [0.2, 0.25) is 0 Å². The molecule has 0 aliphatic carbocycles. The summed E-state index contributed by atoms with van der Waals surface area (Å²) in [6.45, 7) is 10.9. The number of rotatable bonds is 2. The lowest BCUT2D eigenvalue weighted by molar-refractivity contribution is -0.131. The van der Waals surface area contributed by atoms with E-state index in [2.05, 4.69) is 36.9 Å². The van der Waals surface area contributed by atoms with Crippen molar-refractivity contribution in [2.45, 2.75) is 34.6 Å². The molecule has 28 heavy (non-hydrogen) atoms. The van der Waals surface area contributed by atoms with Crippen molar-refractivity contribution in [2.24, 2.45) is 0 Å². The molecule has 0 bridgehead atoms. The Morgan fingerprint density at radius 1 is 1.07 bits per heavy atom. The zero-order valence-electron chi connectivity index (χ0n) is 17.3. The molecule has 0 atom stereocenters. The van der Waals surface area contributed by atoms with Gasteiger partial charge in [0, 0.05) is 24.1 Å². The van der Waals surface area contributed by atoms with Crippen LogP contribution in [0.3, 0.4) is 0 Å². The largest absolute Gasteiger partial charge is 0.398 e. The number of pyridine rings is 1. The predicted molar refractivity (Wildman–Crippen MR) is 117 cm³/mol. The number of fused-ring (bicyclic) bond motifs is 1. The Balaban J connectivity index is 0.00000109. The highest BCUT2D eigenvalue weighted by molar-refractivity contribution is 6.05. The standard InChI is InChI=1S/C21H22N4O.C2H6/c1-13-9-18-21(20(14(13)2)16-7-5-4-6-8-16)17(22)10-19(23-18)25-11-24(12-25)15(3)26;1-2/h4-10H,11-12H2,1-3H3,(H2,22,23);1-2H3. The normalized spacial score (nSPS) is 13.0. The van der Waals surface area contributed by atoms with Crippen LogP contribution in [0.25, 0.3) is 22.0 Å². The maximum absolute atomic E-state index is 11.4. The average molecular weight is 377 g/mol. The number of hydrogen-bond acceptors (Lipinski definition) is 4. The van der Waals surface area contributed by atoms with Crippen LogP contribution in [0.4, 0.5) is 11.5 Å². The molecule has 0 saturated carbocycles. The number of nitrogens with two attached hydrogens (primary N) is 1. The molecule has 1 amide bonds. The van der Waals surface area contributed by atoms with Gasteiger partial charge in [-0.3, -0.25) is 4.79 Å². The van der Waals surface area contributed by atoms with Crippen LogP contribution in [0, 0.1) is 13.8 Å². The van der Waals surface area contributed by atoms with Crippen molar-refractivity contribution in [3.8, 4) is 11.1 Å². The maximum Gasteiger partial charge on any atom is 0.222 e. The fraction of sp³-hybridized carbons (Fsp3) is 0.304. The quantitative estimate of drug-likeness (QED) is 0.703. The summed E-state index contributed by atoms with van der Waals surface area (Å²) in [4.78, 5) is 20.1. The topological polar surface area (TPSA) is 62.5 Å². The first-order valence-corrected chi connectivity index (χ1v) is 9.72. The zero-order chi connectivity index (χ0) is 20.4. The van der Waals surface area contributed by atoms with Gasteiger partial charge in [0.1, 0.15) is 5.82 Å². The molecule has 1 aromatic heterocycles. The molecule has 2 aromatic carbocycles. The lowest BCUT2D eigenvalue weighted by Gasteiger charge is -2.42. The van der Waals surface area contributed by atoms with E-state index in [-0.39, 0.29) is 5.91 Å². The summed E-state index contributed by atoms with van der Waals surface area (Å²) in [6, 6.07) is 14.3. The lowest BCUT2D eigenvalue weighted by Crippen LogP contribution is -2.57. The van der Waals surface area contributed by atoms with Gasteiger partial charge in [0.25, 0.3) is 0 Å². The third-order valence-electron chi connectivity index (χ3n) is 5.15. The summed E-state index contributed by atoms with van der Waals surface area (Å²) >= 11 is 0. The number of benzene rings is 2. The number of amides is 1. The fourth-order valence-electron chi connectivity index (χ4n) is 3.49. The smallest absolute Gasteiger partial charge is 0.222 e. The van der Waals surface area contributed by atoms with Crippen LogP contribution < -0.4 is 10.6 Å². The van der Waals surface area contributed by atoms with Crippen molar-refractivity contribution >= 4 is 28.3 Å². The van der Waals surface area contributed by atoms with Crippen molar-refractivity contribution in [2.75, 3.05) is 24.0 Å². The molecular formula is C23H28N4O. The predicted octanol–water partition coefficient (Wildman–Crippen LogP) is 4.71. The van der Waals surface area contributed by atoms with E-state index in [0.29, 0.717) is 19.0 Å². The van der Waals surface area contributed by atoms with Crippen LogP contribution >= 0.6 is 0 Å². The molecule has 1 saturated heterocycles. The van der Waals surface area contributed by atoms with Crippen LogP contribution in [-0.2, 0) is 4.79 Å². The SMILES string of the molecule is CC.CC(=O)N1CN(c2cc(N)c3c(-c4ccccc4)c(C)c(C)cc3n2)C1. The summed E-state index contributed by atoms with van der Waals surface area (Å²) in [7, 11) is 0. The molecule has 0 spiro atoms. The summed E-state index contributed by atoms with van der Waals surface area (Å²) in [5.74, 6) is 0.891. The molecule has 1 fully saturated rings. The van der Waals surface area contributed by atoms with E-state index in [1.165, 1.54) is 11.1 Å². The molecule has 2 N–H and O–H groups in total. The van der Waals surface area contributed by atoms with Crippen LogP contribution in [0.1, 0.15) is 31.9 Å². The molecule has 0 unspecified atom stereocenters. The maximum atomic E-state index is 11.4. The molecule has 3 aromatic rings. The Kier molecular flexibility index (Phi) is 5.54. The van der Waals surface area contributed by atoms with Gasteiger partial charge in [0.05, 0.1) is 18.9 Å². The second-order valence-corrected chi connectivity index (χ2v) is 6.90. The summed E-state index contributed by atoms with van der Waals surface area (Å²) in [6.07, 6.45) is 0. The highest BCUT2D eigenvalue weighted by Gasteiger charge is 2.27. The van der Waals surface area contributed by atoms with Crippen molar-refractivity contribution in [3.05, 3.63) is 53.6 Å². The van der Waals surface area contributed by atoms with Crippen molar-refractivity contribution < 1.29 is 4.79 Å². The Morgan fingerprint density at radius 2 is 1.71 bits per heavy atom. The second kappa shape index (κ2) is 7.89. The Bertz CT molecular complexity index is 1010. The molecular weight excluding hydrogens is 348 g/mol. The monoisotopic (exact) mass is 376 g/mol. The van der Waals surface area contributed by atoms with Gasteiger partial charge < -0.3 is 15.5 Å². The number of nitrogen functional groups attached to an aromatic ring is 1. The Hall–Kier alpha value is -3.08. The second-order valence-electron chi connectivity index (χ2n) is 6.90. The molecule has 5 heteroatoms. The van der Waals surface area contributed by atoms with E-state index in [1.54, 1.807) is 11.8 Å². The number of anilines is 2. The third kappa shape index (κ3) is 3.40. The minimum atomic E-state index is 0.0767. The molecule has 0 radical (unpaired) electrons. The molecule has 4 rings (SSSR count). The van der Waals surface area contributed by atoms with Gasteiger partial charge in [-0.1, -0.05) is 44.2 Å². The van der Waals surface area contributed by atoms with E-state index in [9.17, 15) is 4.79 Å². The molecule has 5 nitrogen and oxygen atoms in total. The minimum absolute atomic E-state index is 0.0767. The van der Waals surface area contributed by atoms with Gasteiger partial charge in [-0.05, 0) is 42.2 Å². The Morgan fingerprint density at radius 3 is 2.32 bits per heavy atom. The highest BCUT2D eigenvalue weighted by atomic mass is 16.2. The first-order chi connectivity index (χ1) is 13.5. The Labute approximate surface area is 166 Å². The number of carbonyl (C=O) groups excluding carboxylic acids is 1. The van der Waals surface area contributed by atoms with Crippen molar-refractivity contribution in [3.63, 3.8) is 0 Å². The van der Waals surface area contributed by atoms with E-state index >= 15 is 0 Å². The fourth-order valence-corrected chi connectivity index (χ4v) is 3.49. The van der Waals surface area contributed by atoms with Crippen molar-refractivity contribution in [1.29, 1.82) is 0 Å². The van der Waals surface area contributed by atoms with E-state index < -0.39 is 0 Å². The zero-order valence-corrected chi connectivity index (χ0v) is 17.3. The molecule has 1 aliphatic heterocycles. The lowest BCUT2D eigenvalue weighted by atomic mass is 9.92. The number of aromatic nitrogens is 1. The first kappa shape index (κ1) is 19.7. The number of carbonyl (C=O) groups is 1. The summed E-state index contributed by atoms with van der Waals surface area (Å²) < 4.78 is 0. The summed E-state index contributed by atoms with van der Waals surface area (Å²) in [5, 5.41) is 0.993. The van der Waals surface area contributed by atoms with E-state index in [0.717, 1.165) is 27.8 Å². The van der Waals surface area contributed by atoms with Gasteiger partial charge in [0.2, 0.25) is 5.91 Å². The average Bonchev–Trinajstić information content (AvgIpc) is 2.64. The number of aryl methyl sites for hydroxylation is 1. The van der Waals surface area contributed by atoms with Crippen molar-refractivity contribution in [1.82, 2.24) is 9.88 Å². The van der Waals surface area contributed by atoms with E-state index in [4.69, 9.17) is 10.7 Å². The molecule has 1 aliphatic rings. The van der Waals surface area contributed by atoms with Gasteiger partial charge in [-0.2, -0.15) is 0 Å². The van der Waals surface area contributed by atoms with Gasteiger partial charge in [-0.25, -0.2) is 4.98 Å². The minimum Gasteiger partial charge on any atom is -0.398 e. The van der Waals surface area contributed by atoms with E-state index in [1.807, 2.05) is 38.1 Å². The van der Waals surface area contributed by atoms with Gasteiger partial charge >= 0.3 is 0 Å². The van der Waals surface area contributed by atoms with Gasteiger partial charge in [0.15, 0.2) is 0 Å². The summed E-state index contributed by atoms with van der Waals surface area (Å²) in [5.41, 5.74) is 12.8. The number of nitrogens with zero attached hydrogens (tertiary/aromatic N) is 3. The van der Waals surface area contributed by atoms with Crippen LogP contribution in [0.5, 0.6) is 0 Å². The van der Waals surface area contributed by atoms with Crippen LogP contribution in [0.15, 0.2) is 42.5 Å². The molecule has 2 heterocycles. The highest BCUT2D eigenvalue weighted by Crippen LogP contribution is 2.38. The number of hydrogen-bond donors (Lipinski definition) is 1. The third-order valence-corrected chi connectivity index (χ3v) is 5.15. The van der Waals surface area contributed by atoms with Gasteiger partial charge in [-0.15, -0.1) is 0 Å².